The molecule has 0 aliphatic carbocycles. The highest BCUT2D eigenvalue weighted by Gasteiger charge is 2.32. The Balaban J connectivity index is 1.61. The van der Waals surface area contributed by atoms with E-state index in [2.05, 4.69) is 16.4 Å². The molecule has 124 valence electrons. The monoisotopic (exact) mass is 333 g/mol. The summed E-state index contributed by atoms with van der Waals surface area (Å²) in [6.07, 6.45) is 1.80. The van der Waals surface area contributed by atoms with E-state index in [1.165, 1.54) is 4.70 Å². The molecule has 1 saturated heterocycles. The zero-order valence-corrected chi connectivity index (χ0v) is 14.7. The van der Waals surface area contributed by atoms with Gasteiger partial charge in [0.15, 0.2) is 5.13 Å². The second-order valence-electron chi connectivity index (χ2n) is 6.84. The maximum Gasteiger partial charge on any atom is 0.410 e. The number of nitrogens with one attached hydrogen (secondary N) is 1. The van der Waals surface area contributed by atoms with Gasteiger partial charge in [0.1, 0.15) is 5.60 Å². The van der Waals surface area contributed by atoms with Crippen molar-refractivity contribution in [2.45, 2.75) is 45.3 Å². The van der Waals surface area contributed by atoms with Crippen LogP contribution in [0.2, 0.25) is 0 Å². The molecule has 0 spiro atoms. The van der Waals surface area contributed by atoms with E-state index in [-0.39, 0.29) is 12.1 Å². The van der Waals surface area contributed by atoms with Gasteiger partial charge in [-0.2, -0.15) is 0 Å². The van der Waals surface area contributed by atoms with Crippen LogP contribution in [0, 0.1) is 0 Å². The van der Waals surface area contributed by atoms with Crippen LogP contribution in [-0.4, -0.2) is 40.7 Å². The Morgan fingerprint density at radius 2 is 2.22 bits per heavy atom. The fraction of sp³-hybridized carbons (Fsp3) is 0.529. The molecule has 0 saturated carbocycles. The van der Waals surface area contributed by atoms with Crippen molar-refractivity contribution in [2.24, 2.45) is 0 Å². The number of carbonyl (C=O) groups is 1. The average Bonchev–Trinajstić information content (AvgIpc) is 3.09. The molecular weight excluding hydrogens is 310 g/mol. The number of anilines is 1. The highest BCUT2D eigenvalue weighted by molar-refractivity contribution is 7.22. The Labute approximate surface area is 140 Å². The van der Waals surface area contributed by atoms with Gasteiger partial charge in [-0.1, -0.05) is 23.5 Å². The number of likely N-dealkylation sites (tertiary alicyclic amines) is 1. The van der Waals surface area contributed by atoms with Crippen molar-refractivity contribution in [2.75, 3.05) is 18.4 Å². The SMILES string of the molecule is CC(C)(C)OC(=O)N1CCCC1CNc1nc2ccccc2s1. The Morgan fingerprint density at radius 1 is 1.43 bits per heavy atom. The predicted octanol–water partition coefficient (Wildman–Crippen LogP) is 4.11. The number of aromatic nitrogens is 1. The van der Waals surface area contributed by atoms with Crippen molar-refractivity contribution in [3.63, 3.8) is 0 Å². The van der Waals surface area contributed by atoms with Crippen molar-refractivity contribution in [1.82, 2.24) is 9.88 Å². The Bertz CT molecular complexity index is 659. The van der Waals surface area contributed by atoms with E-state index < -0.39 is 5.60 Å². The lowest BCUT2D eigenvalue weighted by Crippen LogP contribution is -2.42. The minimum Gasteiger partial charge on any atom is -0.444 e. The maximum atomic E-state index is 12.3. The molecule has 2 aromatic rings. The molecule has 1 aliphatic rings. The van der Waals surface area contributed by atoms with Crippen LogP contribution in [-0.2, 0) is 4.74 Å². The average molecular weight is 333 g/mol. The lowest BCUT2D eigenvalue weighted by Gasteiger charge is -2.28. The van der Waals surface area contributed by atoms with E-state index in [0.29, 0.717) is 6.54 Å². The quantitative estimate of drug-likeness (QED) is 0.918. The Morgan fingerprint density at radius 3 is 2.96 bits per heavy atom. The molecule has 1 aromatic carbocycles. The summed E-state index contributed by atoms with van der Waals surface area (Å²) >= 11 is 1.64. The molecule has 1 atom stereocenters. The van der Waals surface area contributed by atoms with Crippen LogP contribution < -0.4 is 5.32 Å². The number of ether oxygens (including phenoxy) is 1. The van der Waals surface area contributed by atoms with Gasteiger partial charge in [0.25, 0.3) is 0 Å². The second-order valence-corrected chi connectivity index (χ2v) is 7.87. The molecule has 1 unspecified atom stereocenters. The molecule has 1 N–H and O–H groups in total. The smallest absolute Gasteiger partial charge is 0.410 e. The summed E-state index contributed by atoms with van der Waals surface area (Å²) in [6, 6.07) is 8.26. The normalized spacial score (nSPS) is 18.4. The topological polar surface area (TPSA) is 54.5 Å². The first kappa shape index (κ1) is 16.1. The van der Waals surface area contributed by atoms with Gasteiger partial charge in [0.05, 0.1) is 16.3 Å². The summed E-state index contributed by atoms with van der Waals surface area (Å²) in [6.45, 7) is 7.17. The molecule has 6 heteroatoms. The molecule has 1 amide bonds. The van der Waals surface area contributed by atoms with Crippen LogP contribution in [0.25, 0.3) is 10.2 Å². The van der Waals surface area contributed by atoms with Crippen molar-refractivity contribution in [3.05, 3.63) is 24.3 Å². The zero-order chi connectivity index (χ0) is 16.4. The third-order valence-corrected chi connectivity index (χ3v) is 4.78. The zero-order valence-electron chi connectivity index (χ0n) is 13.8. The third kappa shape index (κ3) is 3.93. The molecule has 1 fully saturated rings. The van der Waals surface area contributed by atoms with Gasteiger partial charge in [0, 0.05) is 13.1 Å². The molecule has 5 nitrogen and oxygen atoms in total. The number of rotatable bonds is 3. The van der Waals surface area contributed by atoms with Gasteiger partial charge >= 0.3 is 6.09 Å². The van der Waals surface area contributed by atoms with E-state index in [4.69, 9.17) is 4.74 Å². The van der Waals surface area contributed by atoms with E-state index in [9.17, 15) is 4.79 Å². The number of carbonyl (C=O) groups excluding carboxylic acids is 1. The minimum absolute atomic E-state index is 0.164. The van der Waals surface area contributed by atoms with Crippen LogP contribution in [0.5, 0.6) is 0 Å². The highest BCUT2D eigenvalue weighted by Crippen LogP contribution is 2.26. The molecular formula is C17H23N3O2S. The number of thiazole rings is 1. The van der Waals surface area contributed by atoms with Gasteiger partial charge in [-0.3, -0.25) is 0 Å². The van der Waals surface area contributed by atoms with Crippen LogP contribution >= 0.6 is 11.3 Å². The molecule has 0 bridgehead atoms. The number of nitrogens with zero attached hydrogens (tertiary/aromatic N) is 2. The number of hydrogen-bond acceptors (Lipinski definition) is 5. The number of fused-ring (bicyclic) bond motifs is 1. The van der Waals surface area contributed by atoms with E-state index >= 15 is 0 Å². The Kier molecular flexibility index (Phi) is 4.43. The van der Waals surface area contributed by atoms with Gasteiger partial charge < -0.3 is 15.0 Å². The Hall–Kier alpha value is -1.82. The van der Waals surface area contributed by atoms with Crippen molar-refractivity contribution in [3.8, 4) is 0 Å². The molecule has 0 radical (unpaired) electrons. The van der Waals surface area contributed by atoms with Crippen molar-refractivity contribution >= 4 is 32.8 Å². The number of hydrogen-bond donors (Lipinski definition) is 1. The molecule has 23 heavy (non-hydrogen) atoms. The molecule has 3 rings (SSSR count). The summed E-state index contributed by atoms with van der Waals surface area (Å²) in [5.74, 6) is 0. The van der Waals surface area contributed by atoms with E-state index in [1.807, 2.05) is 43.9 Å². The first-order chi connectivity index (χ1) is 10.9. The molecule has 1 aromatic heterocycles. The summed E-state index contributed by atoms with van der Waals surface area (Å²) in [7, 11) is 0. The fourth-order valence-electron chi connectivity index (χ4n) is 2.76. The third-order valence-electron chi connectivity index (χ3n) is 3.79. The minimum atomic E-state index is -0.454. The first-order valence-corrected chi connectivity index (χ1v) is 8.83. The van der Waals surface area contributed by atoms with E-state index in [1.54, 1.807) is 11.3 Å². The second kappa shape index (κ2) is 6.35. The summed E-state index contributed by atoms with van der Waals surface area (Å²) in [5, 5.41) is 4.29. The summed E-state index contributed by atoms with van der Waals surface area (Å²) < 4.78 is 6.67. The summed E-state index contributed by atoms with van der Waals surface area (Å²) in [5.41, 5.74) is 0.556. The van der Waals surface area contributed by atoms with Crippen LogP contribution in [0.15, 0.2) is 24.3 Å². The number of para-hydroxylation sites is 1. The number of benzene rings is 1. The van der Waals surface area contributed by atoms with Gasteiger partial charge in [-0.05, 0) is 45.7 Å². The van der Waals surface area contributed by atoms with Crippen molar-refractivity contribution in [1.29, 1.82) is 0 Å². The fourth-order valence-corrected chi connectivity index (χ4v) is 3.63. The van der Waals surface area contributed by atoms with Gasteiger partial charge in [0.2, 0.25) is 0 Å². The van der Waals surface area contributed by atoms with Crippen LogP contribution in [0.1, 0.15) is 33.6 Å². The lowest BCUT2D eigenvalue weighted by molar-refractivity contribution is 0.0235. The van der Waals surface area contributed by atoms with E-state index in [0.717, 1.165) is 30.0 Å². The summed E-state index contributed by atoms with van der Waals surface area (Å²) in [4.78, 5) is 18.7. The van der Waals surface area contributed by atoms with Crippen molar-refractivity contribution < 1.29 is 9.53 Å². The lowest BCUT2D eigenvalue weighted by atomic mass is 10.2. The van der Waals surface area contributed by atoms with Gasteiger partial charge in [-0.15, -0.1) is 0 Å². The van der Waals surface area contributed by atoms with Crippen LogP contribution in [0.4, 0.5) is 9.93 Å². The molecule has 2 heterocycles. The molecule has 1 aliphatic heterocycles. The first-order valence-electron chi connectivity index (χ1n) is 8.01. The van der Waals surface area contributed by atoms with Crippen LogP contribution in [0.3, 0.4) is 0 Å². The maximum absolute atomic E-state index is 12.3. The highest BCUT2D eigenvalue weighted by atomic mass is 32.1. The standard InChI is InChI=1S/C17H23N3O2S/c1-17(2,3)22-16(21)20-10-6-7-12(20)11-18-15-19-13-8-4-5-9-14(13)23-15/h4-5,8-9,12H,6-7,10-11H2,1-3H3,(H,18,19). The largest absolute Gasteiger partial charge is 0.444 e. The predicted molar refractivity (Wildman–Crippen MR) is 94.1 cm³/mol. The number of amides is 1. The van der Waals surface area contributed by atoms with Gasteiger partial charge in [-0.25, -0.2) is 9.78 Å².